The fraction of sp³-hybridized carbons (Fsp3) is 1.00. The monoisotopic (exact) mass is 167 g/mol. The van der Waals surface area contributed by atoms with Gasteiger partial charge in [0.05, 0.1) is 6.42 Å². The summed E-state index contributed by atoms with van der Waals surface area (Å²) in [4.78, 5) is 1.87. The molecule has 0 N–H and O–H groups in total. The van der Waals surface area contributed by atoms with Crippen molar-refractivity contribution >= 4 is 0 Å². The zero-order valence-electron chi connectivity index (χ0n) is 6.32. The molecule has 1 fully saturated rings. The van der Waals surface area contributed by atoms with Crippen molar-refractivity contribution < 1.29 is 13.2 Å². The first kappa shape index (κ1) is 8.84. The van der Waals surface area contributed by atoms with Crippen LogP contribution in [0.2, 0.25) is 0 Å². The third-order valence-electron chi connectivity index (χ3n) is 1.91. The van der Waals surface area contributed by atoms with Gasteiger partial charge in [-0.25, -0.2) is 0 Å². The van der Waals surface area contributed by atoms with Gasteiger partial charge in [0.1, 0.15) is 0 Å². The van der Waals surface area contributed by atoms with E-state index < -0.39 is 12.6 Å². The molecular formula is C7H12F3N. The number of nitrogens with zero attached hydrogens (tertiary/aromatic N) is 1. The van der Waals surface area contributed by atoms with Crippen LogP contribution in [0.1, 0.15) is 19.3 Å². The van der Waals surface area contributed by atoms with Gasteiger partial charge in [0, 0.05) is 6.54 Å². The van der Waals surface area contributed by atoms with Crippen molar-refractivity contribution in [3.05, 3.63) is 0 Å². The highest BCUT2D eigenvalue weighted by atomic mass is 19.4. The molecule has 0 radical (unpaired) electrons. The van der Waals surface area contributed by atoms with Crippen LogP contribution in [-0.4, -0.2) is 30.7 Å². The Hall–Kier alpha value is -0.250. The minimum absolute atomic E-state index is 0.184. The van der Waals surface area contributed by atoms with Crippen LogP contribution in [0.15, 0.2) is 0 Å². The quantitative estimate of drug-likeness (QED) is 0.608. The number of hydrogen-bond acceptors (Lipinski definition) is 1. The second-order valence-electron chi connectivity index (χ2n) is 2.91. The maximum Gasteiger partial charge on any atom is 0.390 e. The van der Waals surface area contributed by atoms with Crippen LogP contribution in [0.4, 0.5) is 13.2 Å². The number of halogens is 3. The van der Waals surface area contributed by atoms with E-state index in [0.29, 0.717) is 0 Å². The van der Waals surface area contributed by atoms with E-state index in [9.17, 15) is 13.2 Å². The van der Waals surface area contributed by atoms with Crippen LogP contribution in [0.5, 0.6) is 0 Å². The van der Waals surface area contributed by atoms with Crippen molar-refractivity contribution in [2.75, 3.05) is 19.6 Å². The first-order valence-electron chi connectivity index (χ1n) is 3.87. The summed E-state index contributed by atoms with van der Waals surface area (Å²) in [6.45, 7) is 1.87. The molecule has 66 valence electrons. The molecule has 0 atom stereocenters. The van der Waals surface area contributed by atoms with E-state index in [-0.39, 0.29) is 6.54 Å². The highest BCUT2D eigenvalue weighted by Crippen LogP contribution is 2.20. The van der Waals surface area contributed by atoms with Crippen molar-refractivity contribution in [3.63, 3.8) is 0 Å². The molecule has 1 aliphatic heterocycles. The van der Waals surface area contributed by atoms with Gasteiger partial charge in [0.2, 0.25) is 0 Å². The van der Waals surface area contributed by atoms with E-state index >= 15 is 0 Å². The molecule has 0 amide bonds. The van der Waals surface area contributed by atoms with Crippen LogP contribution in [-0.2, 0) is 0 Å². The molecule has 0 aliphatic carbocycles. The van der Waals surface area contributed by atoms with E-state index in [1.165, 1.54) is 0 Å². The Morgan fingerprint density at radius 2 is 1.64 bits per heavy atom. The molecule has 11 heavy (non-hydrogen) atoms. The summed E-state index contributed by atoms with van der Waals surface area (Å²) in [5.74, 6) is 0. The predicted molar refractivity (Wildman–Crippen MR) is 36.3 cm³/mol. The van der Waals surface area contributed by atoms with Crippen LogP contribution >= 0.6 is 0 Å². The summed E-state index contributed by atoms with van der Waals surface area (Å²) < 4.78 is 35.0. The Morgan fingerprint density at radius 3 is 2.09 bits per heavy atom. The summed E-state index contributed by atoms with van der Waals surface area (Å²) >= 11 is 0. The van der Waals surface area contributed by atoms with Crippen molar-refractivity contribution in [1.29, 1.82) is 0 Å². The number of alkyl halides is 3. The summed E-state index contributed by atoms with van der Waals surface area (Å²) in [5, 5.41) is 0. The minimum atomic E-state index is -3.98. The smallest absolute Gasteiger partial charge is 0.303 e. The van der Waals surface area contributed by atoms with Gasteiger partial charge in [-0.2, -0.15) is 13.2 Å². The average molecular weight is 167 g/mol. The first-order valence-corrected chi connectivity index (χ1v) is 3.87. The third-order valence-corrected chi connectivity index (χ3v) is 1.91. The fourth-order valence-electron chi connectivity index (χ4n) is 1.29. The Balaban J connectivity index is 2.11. The molecule has 1 aliphatic rings. The van der Waals surface area contributed by atoms with Crippen molar-refractivity contribution in [2.24, 2.45) is 0 Å². The van der Waals surface area contributed by atoms with Crippen molar-refractivity contribution in [3.8, 4) is 0 Å². The van der Waals surface area contributed by atoms with Gasteiger partial charge in [-0.05, 0) is 25.9 Å². The van der Waals surface area contributed by atoms with E-state index in [1.54, 1.807) is 0 Å². The lowest BCUT2D eigenvalue weighted by Crippen LogP contribution is -2.25. The Bertz CT molecular complexity index is 115. The molecular weight excluding hydrogens is 155 g/mol. The lowest BCUT2D eigenvalue weighted by molar-refractivity contribution is -0.137. The molecule has 0 unspecified atom stereocenters. The molecule has 0 aromatic rings. The largest absolute Gasteiger partial charge is 0.390 e. The summed E-state index contributed by atoms with van der Waals surface area (Å²) in [6, 6.07) is 0. The third kappa shape index (κ3) is 3.60. The predicted octanol–water partition coefficient (Wildman–Crippen LogP) is 2.03. The number of likely N-dealkylation sites (tertiary alicyclic amines) is 1. The van der Waals surface area contributed by atoms with E-state index in [0.717, 1.165) is 25.9 Å². The summed E-state index contributed by atoms with van der Waals surface area (Å²) in [6.07, 6.45) is -2.54. The molecule has 0 aromatic heterocycles. The molecule has 4 heteroatoms. The van der Waals surface area contributed by atoms with Crippen LogP contribution < -0.4 is 0 Å². The molecule has 1 nitrogen and oxygen atoms in total. The highest BCUT2D eigenvalue weighted by molar-refractivity contribution is 4.67. The lowest BCUT2D eigenvalue weighted by atomic mass is 10.4. The second kappa shape index (κ2) is 3.43. The second-order valence-corrected chi connectivity index (χ2v) is 2.91. The highest BCUT2D eigenvalue weighted by Gasteiger charge is 2.28. The molecule has 0 aromatic carbocycles. The maximum atomic E-state index is 11.7. The Labute approximate surface area is 64.2 Å². The van der Waals surface area contributed by atoms with Gasteiger partial charge in [-0.15, -0.1) is 0 Å². The van der Waals surface area contributed by atoms with Gasteiger partial charge in [0.25, 0.3) is 0 Å². The average Bonchev–Trinajstić information content (AvgIpc) is 2.32. The fourth-order valence-corrected chi connectivity index (χ4v) is 1.29. The molecule has 0 bridgehead atoms. The Kier molecular flexibility index (Phi) is 2.76. The zero-order valence-corrected chi connectivity index (χ0v) is 6.32. The minimum Gasteiger partial charge on any atom is -0.303 e. The molecule has 1 heterocycles. The first-order chi connectivity index (χ1) is 5.08. The van der Waals surface area contributed by atoms with Crippen molar-refractivity contribution in [1.82, 2.24) is 4.90 Å². The van der Waals surface area contributed by atoms with Crippen LogP contribution in [0, 0.1) is 0 Å². The lowest BCUT2D eigenvalue weighted by Gasteiger charge is -2.15. The molecule has 0 saturated carbocycles. The van der Waals surface area contributed by atoms with Crippen LogP contribution in [0.3, 0.4) is 0 Å². The van der Waals surface area contributed by atoms with Gasteiger partial charge in [0.15, 0.2) is 0 Å². The summed E-state index contributed by atoms with van der Waals surface area (Å²) in [7, 11) is 0. The Morgan fingerprint density at radius 1 is 1.09 bits per heavy atom. The molecule has 1 saturated heterocycles. The van der Waals surface area contributed by atoms with Gasteiger partial charge in [-0.1, -0.05) is 0 Å². The topological polar surface area (TPSA) is 3.24 Å². The van der Waals surface area contributed by atoms with Gasteiger partial charge >= 0.3 is 6.18 Å². The normalized spacial score (nSPS) is 21.0. The van der Waals surface area contributed by atoms with E-state index in [1.807, 2.05) is 4.90 Å². The van der Waals surface area contributed by atoms with Gasteiger partial charge in [-0.3, -0.25) is 0 Å². The van der Waals surface area contributed by atoms with Gasteiger partial charge < -0.3 is 4.90 Å². The van der Waals surface area contributed by atoms with E-state index in [4.69, 9.17) is 0 Å². The van der Waals surface area contributed by atoms with Crippen LogP contribution in [0.25, 0.3) is 0 Å². The summed E-state index contributed by atoms with van der Waals surface area (Å²) in [5.41, 5.74) is 0. The molecule has 1 rings (SSSR count). The number of rotatable bonds is 2. The maximum absolute atomic E-state index is 11.7. The standard InChI is InChI=1S/C7H12F3N/c8-7(9,10)3-6-11-4-1-2-5-11/h1-6H2. The SMILES string of the molecule is FC(F)(F)CCN1CCCC1. The van der Waals surface area contributed by atoms with E-state index in [2.05, 4.69) is 0 Å². The molecule has 0 spiro atoms. The van der Waals surface area contributed by atoms with Crippen molar-refractivity contribution in [2.45, 2.75) is 25.4 Å². The zero-order chi connectivity index (χ0) is 8.32. The number of hydrogen-bond donors (Lipinski definition) is 0.